The van der Waals surface area contributed by atoms with E-state index in [9.17, 15) is 4.79 Å². The van der Waals surface area contributed by atoms with E-state index in [1.54, 1.807) is 11.8 Å². The van der Waals surface area contributed by atoms with Crippen molar-refractivity contribution < 1.29 is 4.79 Å². The Morgan fingerprint density at radius 1 is 1.26 bits per heavy atom. The smallest absolute Gasteiger partial charge is 0.240 e. The molecule has 2 N–H and O–H groups in total. The molecule has 1 atom stereocenters. The van der Waals surface area contributed by atoms with Gasteiger partial charge >= 0.3 is 0 Å². The molecule has 27 heavy (non-hydrogen) atoms. The molecule has 2 aromatic carbocycles. The fourth-order valence-corrected chi connectivity index (χ4v) is 4.21. The van der Waals surface area contributed by atoms with Gasteiger partial charge in [-0.05, 0) is 42.5 Å². The van der Waals surface area contributed by atoms with Gasteiger partial charge in [0.05, 0.1) is 16.8 Å². The highest BCUT2D eigenvalue weighted by Gasteiger charge is 2.20. The number of thioether (sulfide) groups is 1. The Balaban J connectivity index is 1.46. The summed E-state index contributed by atoms with van der Waals surface area (Å²) in [6, 6.07) is 16.6. The molecule has 2 heterocycles. The van der Waals surface area contributed by atoms with E-state index in [0.717, 1.165) is 35.6 Å². The van der Waals surface area contributed by atoms with Gasteiger partial charge in [0.15, 0.2) is 0 Å². The maximum absolute atomic E-state index is 12.7. The molecule has 0 saturated carbocycles. The number of para-hydroxylation sites is 2. The SMILES string of the molecule is CSCc1nc2ccccc2n1CC(=O)NCC1NCCc2ccccc21. The number of aromatic nitrogens is 2. The molecule has 0 saturated heterocycles. The first-order chi connectivity index (χ1) is 13.3. The average molecular weight is 381 g/mol. The third kappa shape index (κ3) is 3.87. The number of fused-ring (bicyclic) bond motifs is 2. The molecule has 0 aliphatic carbocycles. The lowest BCUT2D eigenvalue weighted by atomic mass is 9.94. The Hall–Kier alpha value is -2.31. The second kappa shape index (κ2) is 8.15. The van der Waals surface area contributed by atoms with Crippen molar-refractivity contribution in [3.05, 3.63) is 65.5 Å². The van der Waals surface area contributed by atoms with Crippen LogP contribution in [0.3, 0.4) is 0 Å². The summed E-state index contributed by atoms with van der Waals surface area (Å²) in [5.74, 6) is 1.75. The summed E-state index contributed by atoms with van der Waals surface area (Å²) in [6.07, 6.45) is 3.09. The minimum Gasteiger partial charge on any atom is -0.353 e. The largest absolute Gasteiger partial charge is 0.353 e. The number of nitrogens with one attached hydrogen (secondary N) is 2. The molecule has 0 spiro atoms. The zero-order valence-electron chi connectivity index (χ0n) is 15.4. The van der Waals surface area contributed by atoms with Crippen LogP contribution in [-0.4, -0.2) is 34.8 Å². The molecule has 0 radical (unpaired) electrons. The Morgan fingerprint density at radius 3 is 2.96 bits per heavy atom. The Labute approximate surface area is 163 Å². The molecule has 1 unspecified atom stereocenters. The lowest BCUT2D eigenvalue weighted by Crippen LogP contribution is -2.39. The maximum atomic E-state index is 12.7. The molecule has 0 bridgehead atoms. The van der Waals surface area contributed by atoms with Crippen LogP contribution in [0.2, 0.25) is 0 Å². The standard InChI is InChI=1S/C21H24N4OS/c1-27-14-20-24-17-8-4-5-9-19(17)25(20)13-21(26)23-12-18-16-7-3-2-6-15(16)10-11-22-18/h2-9,18,22H,10-14H2,1H3,(H,23,26). The Kier molecular flexibility index (Phi) is 5.45. The van der Waals surface area contributed by atoms with Gasteiger partial charge < -0.3 is 15.2 Å². The zero-order valence-corrected chi connectivity index (χ0v) is 16.3. The van der Waals surface area contributed by atoms with Crippen LogP contribution in [0.5, 0.6) is 0 Å². The van der Waals surface area contributed by atoms with Gasteiger partial charge in [-0.25, -0.2) is 4.98 Å². The van der Waals surface area contributed by atoms with Crippen molar-refractivity contribution in [2.24, 2.45) is 0 Å². The number of hydrogen-bond acceptors (Lipinski definition) is 4. The van der Waals surface area contributed by atoms with Crippen LogP contribution in [-0.2, 0) is 23.5 Å². The fourth-order valence-electron chi connectivity index (χ4n) is 3.73. The van der Waals surface area contributed by atoms with Gasteiger partial charge in [0.2, 0.25) is 5.91 Å². The van der Waals surface area contributed by atoms with Crippen molar-refractivity contribution in [3.8, 4) is 0 Å². The van der Waals surface area contributed by atoms with E-state index in [0.29, 0.717) is 13.1 Å². The molecule has 1 aliphatic heterocycles. The van der Waals surface area contributed by atoms with Crippen LogP contribution in [0, 0.1) is 0 Å². The summed E-state index contributed by atoms with van der Waals surface area (Å²) >= 11 is 1.71. The highest BCUT2D eigenvalue weighted by molar-refractivity contribution is 7.97. The van der Waals surface area contributed by atoms with Crippen molar-refractivity contribution in [1.82, 2.24) is 20.2 Å². The van der Waals surface area contributed by atoms with Crippen molar-refractivity contribution >= 4 is 28.7 Å². The minimum absolute atomic E-state index is 0.0189. The van der Waals surface area contributed by atoms with Gasteiger partial charge in [0.1, 0.15) is 12.4 Å². The Morgan fingerprint density at radius 2 is 2.07 bits per heavy atom. The highest BCUT2D eigenvalue weighted by atomic mass is 32.2. The van der Waals surface area contributed by atoms with Crippen LogP contribution in [0.15, 0.2) is 48.5 Å². The van der Waals surface area contributed by atoms with Gasteiger partial charge in [0, 0.05) is 12.6 Å². The van der Waals surface area contributed by atoms with Crippen LogP contribution in [0.25, 0.3) is 11.0 Å². The second-order valence-electron chi connectivity index (χ2n) is 6.80. The molecule has 1 aromatic heterocycles. The zero-order chi connectivity index (χ0) is 18.6. The molecule has 6 heteroatoms. The number of amides is 1. The molecule has 3 aromatic rings. The number of carbonyl (C=O) groups excluding carboxylic acids is 1. The predicted molar refractivity (Wildman–Crippen MR) is 111 cm³/mol. The highest BCUT2D eigenvalue weighted by Crippen LogP contribution is 2.22. The molecule has 4 rings (SSSR count). The number of nitrogens with zero attached hydrogens (tertiary/aromatic N) is 2. The first kappa shape index (κ1) is 18.1. The number of benzene rings is 2. The van der Waals surface area contributed by atoms with Gasteiger partial charge in [-0.2, -0.15) is 11.8 Å². The molecule has 5 nitrogen and oxygen atoms in total. The van der Waals surface area contributed by atoms with Gasteiger partial charge in [-0.3, -0.25) is 4.79 Å². The summed E-state index contributed by atoms with van der Waals surface area (Å²) in [7, 11) is 0. The normalized spacial score (nSPS) is 16.3. The number of carbonyl (C=O) groups is 1. The number of rotatable bonds is 6. The minimum atomic E-state index is 0.0189. The van der Waals surface area contributed by atoms with E-state index in [1.165, 1.54) is 11.1 Å². The lowest BCUT2D eigenvalue weighted by Gasteiger charge is -2.27. The van der Waals surface area contributed by atoms with Gasteiger partial charge in [0.25, 0.3) is 0 Å². The molecular weight excluding hydrogens is 356 g/mol. The van der Waals surface area contributed by atoms with Crippen molar-refractivity contribution in [2.75, 3.05) is 19.3 Å². The quantitative estimate of drug-likeness (QED) is 0.690. The van der Waals surface area contributed by atoms with Crippen molar-refractivity contribution in [1.29, 1.82) is 0 Å². The van der Waals surface area contributed by atoms with E-state index in [2.05, 4.69) is 46.1 Å². The summed E-state index contributed by atoms with van der Waals surface area (Å²) in [6.45, 7) is 1.84. The van der Waals surface area contributed by atoms with Crippen LogP contribution in [0.4, 0.5) is 0 Å². The van der Waals surface area contributed by atoms with E-state index in [4.69, 9.17) is 0 Å². The predicted octanol–water partition coefficient (Wildman–Crippen LogP) is 2.90. The average Bonchev–Trinajstić information content (AvgIpc) is 3.04. The second-order valence-corrected chi connectivity index (χ2v) is 7.66. The fraction of sp³-hybridized carbons (Fsp3) is 0.333. The maximum Gasteiger partial charge on any atom is 0.240 e. The summed E-state index contributed by atoms with van der Waals surface area (Å²) in [4.78, 5) is 17.4. The first-order valence-corrected chi connectivity index (χ1v) is 10.7. The van der Waals surface area contributed by atoms with Crippen LogP contribution >= 0.6 is 11.8 Å². The number of imidazole rings is 1. The third-order valence-electron chi connectivity index (χ3n) is 5.03. The number of hydrogen-bond donors (Lipinski definition) is 2. The summed E-state index contributed by atoms with van der Waals surface area (Å²) in [5.41, 5.74) is 4.62. The molecule has 1 aliphatic rings. The van der Waals surface area contributed by atoms with E-state index in [-0.39, 0.29) is 11.9 Å². The molecule has 140 valence electrons. The lowest BCUT2D eigenvalue weighted by molar-refractivity contribution is -0.121. The van der Waals surface area contributed by atoms with Gasteiger partial charge in [-0.15, -0.1) is 0 Å². The molecule has 1 amide bonds. The Bertz CT molecular complexity index is 952. The van der Waals surface area contributed by atoms with Crippen molar-refractivity contribution in [2.45, 2.75) is 24.8 Å². The summed E-state index contributed by atoms with van der Waals surface area (Å²) in [5, 5.41) is 6.62. The van der Waals surface area contributed by atoms with E-state index < -0.39 is 0 Å². The topological polar surface area (TPSA) is 59.0 Å². The third-order valence-corrected chi connectivity index (χ3v) is 5.57. The monoisotopic (exact) mass is 380 g/mol. The summed E-state index contributed by atoms with van der Waals surface area (Å²) < 4.78 is 2.03. The van der Waals surface area contributed by atoms with Crippen molar-refractivity contribution in [3.63, 3.8) is 0 Å². The van der Waals surface area contributed by atoms with Gasteiger partial charge in [-0.1, -0.05) is 36.4 Å². The van der Waals surface area contributed by atoms with Crippen LogP contribution in [0.1, 0.15) is 23.0 Å². The molecule has 0 fully saturated rings. The van der Waals surface area contributed by atoms with Crippen LogP contribution < -0.4 is 10.6 Å². The van der Waals surface area contributed by atoms with E-state index >= 15 is 0 Å². The first-order valence-electron chi connectivity index (χ1n) is 9.27. The molecular formula is C21H24N4OS. The van der Waals surface area contributed by atoms with E-state index in [1.807, 2.05) is 28.8 Å².